The molecule has 222 valence electrons. The average molecular weight is 618 g/mol. The SMILES string of the molecule is C[SH](N)(=O)c1ccc(Cc2c(-c3cccc(N4CCC(F)(F)C4)c3)nn(-c3nc(C(=O)O)cs3)c2CC2CC2)cc1F. The van der Waals surface area contributed by atoms with Gasteiger partial charge in [-0.05, 0) is 65.1 Å². The smallest absolute Gasteiger partial charge is 0.355 e. The fraction of sp³-hybridized carbons (Fsp3) is 0.345. The Balaban J connectivity index is 1.49. The number of rotatable bonds is 9. The van der Waals surface area contributed by atoms with E-state index < -0.39 is 27.8 Å². The fourth-order valence-electron chi connectivity index (χ4n) is 5.36. The summed E-state index contributed by atoms with van der Waals surface area (Å²) in [6, 6.07) is 11.7. The van der Waals surface area contributed by atoms with Gasteiger partial charge in [-0.3, -0.25) is 9.35 Å². The highest BCUT2D eigenvalue weighted by Gasteiger charge is 2.38. The second-order valence-corrected chi connectivity index (χ2v) is 14.5. The molecule has 1 aliphatic heterocycles. The van der Waals surface area contributed by atoms with E-state index >= 15 is 4.39 Å². The third kappa shape index (κ3) is 5.86. The molecule has 3 heterocycles. The Morgan fingerprint density at radius 2 is 2.02 bits per heavy atom. The van der Waals surface area contributed by atoms with Gasteiger partial charge in [0.05, 0.1) is 22.8 Å². The summed E-state index contributed by atoms with van der Waals surface area (Å²) in [6.45, 7) is -0.133. The van der Waals surface area contributed by atoms with Crippen LogP contribution in [0.5, 0.6) is 0 Å². The number of carbonyl (C=O) groups is 1. The van der Waals surface area contributed by atoms with E-state index in [-0.39, 0.29) is 36.5 Å². The maximum absolute atomic E-state index is 15.0. The second-order valence-electron chi connectivity index (χ2n) is 11.2. The van der Waals surface area contributed by atoms with E-state index in [9.17, 15) is 22.9 Å². The number of hydrogen-bond acceptors (Lipinski definition) is 6. The van der Waals surface area contributed by atoms with Crippen LogP contribution in [0.15, 0.2) is 52.7 Å². The van der Waals surface area contributed by atoms with Crippen LogP contribution in [0, 0.1) is 11.7 Å². The predicted octanol–water partition coefficient (Wildman–Crippen LogP) is 5.10. The number of thiazole rings is 1. The van der Waals surface area contributed by atoms with E-state index in [1.54, 1.807) is 27.8 Å². The number of carboxylic acids is 1. The minimum atomic E-state index is -3.31. The lowest BCUT2D eigenvalue weighted by Gasteiger charge is -2.19. The molecule has 2 aromatic heterocycles. The van der Waals surface area contributed by atoms with Crippen LogP contribution in [0.4, 0.5) is 18.9 Å². The molecule has 0 radical (unpaired) electrons. The molecule has 0 bridgehead atoms. The van der Waals surface area contributed by atoms with E-state index in [0.29, 0.717) is 40.0 Å². The molecular weight excluding hydrogens is 587 g/mol. The van der Waals surface area contributed by atoms with Gasteiger partial charge in [0.15, 0.2) is 5.69 Å². The van der Waals surface area contributed by atoms with E-state index in [0.717, 1.165) is 35.4 Å². The minimum absolute atomic E-state index is 0.0283. The zero-order valence-electron chi connectivity index (χ0n) is 22.8. The van der Waals surface area contributed by atoms with Crippen LogP contribution in [-0.2, 0) is 23.0 Å². The van der Waals surface area contributed by atoms with Gasteiger partial charge in [0.25, 0.3) is 5.92 Å². The molecule has 8 nitrogen and oxygen atoms in total. The Labute approximate surface area is 245 Å². The summed E-state index contributed by atoms with van der Waals surface area (Å²) in [6.07, 6.45) is 4.12. The van der Waals surface area contributed by atoms with Crippen molar-refractivity contribution in [3.8, 4) is 16.4 Å². The standard InChI is InChI=1S/C29H30F3N5O3S2/c1-42(33,40)25-8-7-18(12-22(25)30)11-21-24(13-17-5-6-17)37(28-34-23(15-41-28)27(38)39)35-26(21)19-3-2-4-20(14-19)36-10-9-29(31,32)16-36/h2-4,7-8,12,14-15,17,42H,5-6,9-11,13,16H2,1H3,(H2,33,40)(H,38,39). The number of hydrogen-bond donors (Lipinski definition) is 3. The van der Waals surface area contributed by atoms with E-state index in [1.165, 1.54) is 23.8 Å². The summed E-state index contributed by atoms with van der Waals surface area (Å²) in [5.74, 6) is -4.13. The van der Waals surface area contributed by atoms with Crippen LogP contribution < -0.4 is 10.0 Å². The van der Waals surface area contributed by atoms with Crippen molar-refractivity contribution >= 4 is 33.1 Å². The van der Waals surface area contributed by atoms with Gasteiger partial charge < -0.3 is 10.0 Å². The first-order valence-corrected chi connectivity index (χ1v) is 16.7. The molecule has 42 heavy (non-hydrogen) atoms. The highest BCUT2D eigenvalue weighted by molar-refractivity contribution is 8.00. The first-order valence-electron chi connectivity index (χ1n) is 13.6. The zero-order valence-corrected chi connectivity index (χ0v) is 24.5. The number of nitrogens with two attached hydrogens (primary N) is 1. The van der Waals surface area contributed by atoms with Crippen molar-refractivity contribution in [1.29, 1.82) is 0 Å². The van der Waals surface area contributed by atoms with Crippen LogP contribution >= 0.6 is 11.3 Å². The maximum Gasteiger partial charge on any atom is 0.355 e. The molecule has 2 fully saturated rings. The number of benzene rings is 2. The third-order valence-electron chi connectivity index (χ3n) is 7.69. The molecule has 2 aliphatic rings. The Hall–Kier alpha value is -3.55. The molecule has 1 aliphatic carbocycles. The van der Waals surface area contributed by atoms with Crippen molar-refractivity contribution in [2.24, 2.45) is 11.1 Å². The summed E-state index contributed by atoms with van der Waals surface area (Å²) in [5.41, 5.74) is 4.08. The normalized spacial score (nSPS) is 17.1. The Morgan fingerprint density at radius 1 is 1.24 bits per heavy atom. The van der Waals surface area contributed by atoms with Crippen LogP contribution in [0.1, 0.15) is 46.6 Å². The summed E-state index contributed by atoms with van der Waals surface area (Å²) >= 11 is 1.16. The van der Waals surface area contributed by atoms with Crippen LogP contribution in [0.3, 0.4) is 0 Å². The molecule has 1 saturated carbocycles. The van der Waals surface area contributed by atoms with Crippen LogP contribution in [0.2, 0.25) is 0 Å². The molecule has 0 amide bonds. The topological polar surface area (TPSA) is 114 Å². The molecule has 2 aromatic carbocycles. The molecule has 0 atom stereocenters. The number of thiol groups is 1. The lowest BCUT2D eigenvalue weighted by Crippen LogP contribution is -2.24. The summed E-state index contributed by atoms with van der Waals surface area (Å²) in [7, 11) is -3.31. The summed E-state index contributed by atoms with van der Waals surface area (Å²) < 4.78 is 57.1. The molecule has 1 saturated heterocycles. The van der Waals surface area contributed by atoms with Crippen LogP contribution in [0.25, 0.3) is 16.4 Å². The summed E-state index contributed by atoms with van der Waals surface area (Å²) in [5, 5.41) is 22.0. The largest absolute Gasteiger partial charge is 0.476 e. The minimum Gasteiger partial charge on any atom is -0.476 e. The van der Waals surface area contributed by atoms with Gasteiger partial charge in [0, 0.05) is 47.8 Å². The van der Waals surface area contributed by atoms with Crippen molar-refractivity contribution in [2.75, 3.05) is 24.2 Å². The Morgan fingerprint density at radius 3 is 2.64 bits per heavy atom. The lowest BCUT2D eigenvalue weighted by atomic mass is 9.96. The quantitative estimate of drug-likeness (QED) is 0.225. The molecule has 4 aromatic rings. The summed E-state index contributed by atoms with van der Waals surface area (Å²) in [4.78, 5) is 17.5. The lowest BCUT2D eigenvalue weighted by molar-refractivity contribution is 0.0257. The van der Waals surface area contributed by atoms with Crippen molar-refractivity contribution < 1.29 is 27.3 Å². The number of alkyl halides is 2. The highest BCUT2D eigenvalue weighted by atomic mass is 32.3. The monoisotopic (exact) mass is 617 g/mol. The van der Waals surface area contributed by atoms with Crippen molar-refractivity contribution in [3.05, 3.63) is 76.2 Å². The van der Waals surface area contributed by atoms with E-state index in [2.05, 4.69) is 4.98 Å². The van der Waals surface area contributed by atoms with Crippen molar-refractivity contribution in [1.82, 2.24) is 14.8 Å². The first-order chi connectivity index (χ1) is 19.9. The van der Waals surface area contributed by atoms with Crippen molar-refractivity contribution in [3.63, 3.8) is 0 Å². The highest BCUT2D eigenvalue weighted by Crippen LogP contribution is 2.39. The third-order valence-corrected chi connectivity index (χ3v) is 9.82. The number of nitrogens with zero attached hydrogens (tertiary/aromatic N) is 4. The predicted molar refractivity (Wildman–Crippen MR) is 157 cm³/mol. The number of carboxylic acid groups (broad SMARTS) is 1. The first kappa shape index (κ1) is 28.6. The molecule has 0 spiro atoms. The fourth-order valence-corrected chi connectivity index (χ4v) is 6.99. The Kier molecular flexibility index (Phi) is 7.22. The number of aromatic nitrogens is 3. The average Bonchev–Trinajstić information content (AvgIpc) is 3.30. The maximum atomic E-state index is 15.0. The van der Waals surface area contributed by atoms with Gasteiger partial charge >= 0.3 is 5.97 Å². The van der Waals surface area contributed by atoms with Gasteiger partial charge in [0.1, 0.15) is 5.82 Å². The zero-order chi connectivity index (χ0) is 29.8. The molecule has 13 heteroatoms. The number of aromatic carboxylic acids is 1. The van der Waals surface area contributed by atoms with E-state index in [1.807, 2.05) is 12.1 Å². The van der Waals surface area contributed by atoms with Gasteiger partial charge in [-0.15, -0.1) is 11.3 Å². The number of anilines is 1. The molecule has 3 N–H and O–H groups in total. The van der Waals surface area contributed by atoms with E-state index in [4.69, 9.17) is 10.2 Å². The molecule has 6 rings (SSSR count). The second kappa shape index (κ2) is 10.6. The Bertz CT molecular complexity index is 1730. The van der Waals surface area contributed by atoms with Gasteiger partial charge in [-0.1, -0.05) is 18.2 Å². The molecule has 0 unspecified atom stereocenters. The van der Waals surface area contributed by atoms with Gasteiger partial charge in [-0.2, -0.15) is 5.10 Å². The molecular formula is C29H30F3N5O3S2. The van der Waals surface area contributed by atoms with Gasteiger partial charge in [0.2, 0.25) is 5.13 Å². The van der Waals surface area contributed by atoms with Gasteiger partial charge in [-0.25, -0.2) is 27.6 Å². The number of halogens is 3. The van der Waals surface area contributed by atoms with Crippen LogP contribution in [-0.4, -0.2) is 55.3 Å². The van der Waals surface area contributed by atoms with Crippen molar-refractivity contribution in [2.45, 2.75) is 42.9 Å².